The van der Waals surface area contributed by atoms with Crippen LogP contribution in [0.15, 0.2) is 16.2 Å². The van der Waals surface area contributed by atoms with E-state index in [-0.39, 0.29) is 11.6 Å². The second kappa shape index (κ2) is 6.92. The standard InChI is InChI=1S/C18H23FN8O/c1-10(2)14-13(19)17(28)24-18(23-14)27-7-5-26(6-8-27)16-12-9-20-25(4)15(12)21-11(3)22-16/h9-10,13H,5-8H2,1-4H3. The van der Waals surface area contributed by atoms with Crippen molar-refractivity contribution < 1.29 is 9.18 Å². The van der Waals surface area contributed by atoms with Crippen molar-refractivity contribution in [3.05, 3.63) is 12.0 Å². The molecule has 4 heterocycles. The number of halogens is 1. The lowest BCUT2D eigenvalue weighted by molar-refractivity contribution is -0.120. The van der Waals surface area contributed by atoms with E-state index in [0.29, 0.717) is 38.0 Å². The number of aryl methyl sites for hydroxylation is 2. The number of rotatable bonds is 2. The SMILES string of the molecule is Cc1nc(N2CCN(C3=NC(=O)C(F)C(C(C)C)=N3)CC2)c2cnn(C)c2n1. The maximum Gasteiger partial charge on any atom is 0.289 e. The van der Waals surface area contributed by atoms with Gasteiger partial charge < -0.3 is 9.80 Å². The summed E-state index contributed by atoms with van der Waals surface area (Å²) < 4.78 is 15.8. The van der Waals surface area contributed by atoms with E-state index >= 15 is 0 Å². The smallest absolute Gasteiger partial charge is 0.289 e. The van der Waals surface area contributed by atoms with Crippen LogP contribution in [0, 0.1) is 12.8 Å². The largest absolute Gasteiger partial charge is 0.352 e. The van der Waals surface area contributed by atoms with Crippen molar-refractivity contribution >= 4 is 34.4 Å². The molecule has 9 nitrogen and oxygen atoms in total. The predicted octanol–water partition coefficient (Wildman–Crippen LogP) is 1.13. The van der Waals surface area contributed by atoms with E-state index in [0.717, 1.165) is 16.9 Å². The van der Waals surface area contributed by atoms with Crippen LogP contribution in [-0.2, 0) is 11.8 Å². The Balaban J connectivity index is 1.55. The lowest BCUT2D eigenvalue weighted by Crippen LogP contribution is -2.50. The Morgan fingerprint density at radius 3 is 2.46 bits per heavy atom. The summed E-state index contributed by atoms with van der Waals surface area (Å²) in [6.45, 7) is 8.11. The molecule has 0 saturated carbocycles. The van der Waals surface area contributed by atoms with E-state index < -0.39 is 12.1 Å². The minimum absolute atomic E-state index is 0.145. The third-order valence-corrected chi connectivity index (χ3v) is 5.05. The van der Waals surface area contributed by atoms with Crippen LogP contribution in [-0.4, -0.2) is 74.6 Å². The Labute approximate surface area is 162 Å². The summed E-state index contributed by atoms with van der Waals surface area (Å²) in [7, 11) is 1.86. The molecule has 1 amide bonds. The maximum atomic E-state index is 14.1. The zero-order chi connectivity index (χ0) is 20.0. The number of carbonyl (C=O) groups is 1. The Morgan fingerprint density at radius 1 is 1.11 bits per heavy atom. The molecule has 4 rings (SSSR count). The van der Waals surface area contributed by atoms with Gasteiger partial charge in [-0.2, -0.15) is 10.1 Å². The van der Waals surface area contributed by atoms with E-state index in [1.807, 2.05) is 32.7 Å². The highest BCUT2D eigenvalue weighted by Gasteiger charge is 2.33. The van der Waals surface area contributed by atoms with Crippen molar-refractivity contribution in [1.82, 2.24) is 24.6 Å². The van der Waals surface area contributed by atoms with E-state index in [2.05, 4.69) is 30.0 Å². The van der Waals surface area contributed by atoms with Gasteiger partial charge in [-0.15, -0.1) is 0 Å². The highest BCUT2D eigenvalue weighted by Crippen LogP contribution is 2.25. The Hall–Kier alpha value is -2.91. The molecule has 2 aliphatic heterocycles. The fraction of sp³-hybridized carbons (Fsp3) is 0.556. The Bertz CT molecular complexity index is 987. The number of aliphatic imine (C=N–C) groups is 2. The Morgan fingerprint density at radius 2 is 1.79 bits per heavy atom. The van der Waals surface area contributed by atoms with E-state index in [4.69, 9.17) is 0 Å². The topological polar surface area (TPSA) is 91.9 Å². The van der Waals surface area contributed by atoms with Gasteiger partial charge in [0.15, 0.2) is 5.65 Å². The third-order valence-electron chi connectivity index (χ3n) is 5.05. The number of amides is 1. The van der Waals surface area contributed by atoms with Gasteiger partial charge in [0.25, 0.3) is 5.91 Å². The molecule has 10 heteroatoms. The van der Waals surface area contributed by atoms with Gasteiger partial charge in [0.2, 0.25) is 12.1 Å². The molecule has 2 aliphatic rings. The van der Waals surface area contributed by atoms with Gasteiger partial charge in [-0.05, 0) is 12.8 Å². The monoisotopic (exact) mass is 386 g/mol. The zero-order valence-corrected chi connectivity index (χ0v) is 16.4. The fourth-order valence-electron chi connectivity index (χ4n) is 3.51. The summed E-state index contributed by atoms with van der Waals surface area (Å²) in [5, 5.41) is 5.20. The molecule has 2 aromatic heterocycles. The van der Waals surface area contributed by atoms with Crippen LogP contribution in [0.25, 0.3) is 11.0 Å². The minimum Gasteiger partial charge on any atom is -0.352 e. The van der Waals surface area contributed by atoms with Crippen LogP contribution in [0.5, 0.6) is 0 Å². The van der Waals surface area contributed by atoms with Gasteiger partial charge >= 0.3 is 0 Å². The number of anilines is 1. The number of hydrogen-bond acceptors (Lipinski definition) is 7. The lowest BCUT2D eigenvalue weighted by atomic mass is 10.0. The molecule has 0 radical (unpaired) electrons. The highest BCUT2D eigenvalue weighted by molar-refractivity contribution is 6.18. The normalized spacial score (nSPS) is 20.8. The molecule has 2 aromatic rings. The lowest BCUT2D eigenvalue weighted by Gasteiger charge is -2.36. The van der Waals surface area contributed by atoms with Crippen molar-refractivity contribution in [2.75, 3.05) is 31.1 Å². The second-order valence-electron chi connectivity index (χ2n) is 7.38. The summed E-state index contributed by atoms with van der Waals surface area (Å²) in [6, 6.07) is 0. The molecule has 0 aromatic carbocycles. The average molecular weight is 386 g/mol. The first-order chi connectivity index (χ1) is 13.3. The van der Waals surface area contributed by atoms with Gasteiger partial charge in [0, 0.05) is 33.2 Å². The molecule has 1 saturated heterocycles. The molecular formula is C18H23FN8O. The van der Waals surface area contributed by atoms with Crippen molar-refractivity contribution in [3.63, 3.8) is 0 Å². The Kier molecular flexibility index (Phi) is 4.56. The number of hydrogen-bond donors (Lipinski definition) is 0. The quantitative estimate of drug-likeness (QED) is 0.768. The number of alkyl halides is 1. The third kappa shape index (κ3) is 3.12. The molecule has 28 heavy (non-hydrogen) atoms. The van der Waals surface area contributed by atoms with Crippen LogP contribution in [0.4, 0.5) is 10.2 Å². The molecular weight excluding hydrogens is 363 g/mol. The first-order valence-electron chi connectivity index (χ1n) is 9.36. The minimum atomic E-state index is -1.73. The van der Waals surface area contributed by atoms with Crippen LogP contribution < -0.4 is 4.90 Å². The molecule has 1 unspecified atom stereocenters. The summed E-state index contributed by atoms with van der Waals surface area (Å²) in [4.78, 5) is 33.3. The van der Waals surface area contributed by atoms with Crippen molar-refractivity contribution in [3.8, 4) is 0 Å². The average Bonchev–Trinajstić information content (AvgIpc) is 3.04. The highest BCUT2D eigenvalue weighted by atomic mass is 19.1. The summed E-state index contributed by atoms with van der Waals surface area (Å²) in [5.41, 5.74) is 1.05. The van der Waals surface area contributed by atoms with Gasteiger partial charge in [0.05, 0.1) is 17.3 Å². The molecule has 0 spiro atoms. The molecule has 0 N–H and O–H groups in total. The van der Waals surface area contributed by atoms with Gasteiger partial charge in [-0.1, -0.05) is 13.8 Å². The van der Waals surface area contributed by atoms with E-state index in [1.165, 1.54) is 0 Å². The maximum absolute atomic E-state index is 14.1. The van der Waals surface area contributed by atoms with Gasteiger partial charge in [0.1, 0.15) is 11.6 Å². The summed E-state index contributed by atoms with van der Waals surface area (Å²) in [6.07, 6.45) is 0.0499. The number of guanidine groups is 1. The first kappa shape index (κ1) is 18.5. The number of aromatic nitrogens is 4. The molecule has 0 bridgehead atoms. The molecule has 1 atom stereocenters. The number of nitrogens with zero attached hydrogens (tertiary/aromatic N) is 8. The van der Waals surface area contributed by atoms with Crippen LogP contribution in [0.2, 0.25) is 0 Å². The van der Waals surface area contributed by atoms with Crippen molar-refractivity contribution in [2.24, 2.45) is 23.0 Å². The first-order valence-corrected chi connectivity index (χ1v) is 9.36. The van der Waals surface area contributed by atoms with Crippen molar-refractivity contribution in [2.45, 2.75) is 26.9 Å². The van der Waals surface area contributed by atoms with Crippen molar-refractivity contribution in [1.29, 1.82) is 0 Å². The molecule has 1 fully saturated rings. The van der Waals surface area contributed by atoms with Crippen LogP contribution in [0.3, 0.4) is 0 Å². The number of fused-ring (bicyclic) bond motifs is 1. The summed E-state index contributed by atoms with van der Waals surface area (Å²) in [5.74, 6) is 0.948. The zero-order valence-electron chi connectivity index (χ0n) is 16.4. The molecule has 0 aliphatic carbocycles. The second-order valence-corrected chi connectivity index (χ2v) is 7.38. The number of piperazine rings is 1. The fourth-order valence-corrected chi connectivity index (χ4v) is 3.51. The van der Waals surface area contributed by atoms with Crippen LogP contribution >= 0.6 is 0 Å². The van der Waals surface area contributed by atoms with Crippen LogP contribution in [0.1, 0.15) is 19.7 Å². The van der Waals surface area contributed by atoms with Gasteiger partial charge in [-0.3, -0.25) is 9.48 Å². The van der Waals surface area contributed by atoms with Gasteiger partial charge in [-0.25, -0.2) is 19.4 Å². The van der Waals surface area contributed by atoms with E-state index in [1.54, 1.807) is 10.9 Å². The molecule has 148 valence electrons. The van der Waals surface area contributed by atoms with E-state index in [9.17, 15) is 9.18 Å². The number of carbonyl (C=O) groups excluding carboxylic acids is 1. The predicted molar refractivity (Wildman–Crippen MR) is 104 cm³/mol. The summed E-state index contributed by atoms with van der Waals surface area (Å²) >= 11 is 0.